The van der Waals surface area contributed by atoms with Crippen LogP contribution in [0.15, 0.2) is 36.7 Å². The molecule has 0 saturated carbocycles. The zero-order valence-electron chi connectivity index (χ0n) is 10.6. The van der Waals surface area contributed by atoms with Crippen molar-refractivity contribution in [3.8, 4) is 0 Å². The number of methoxy groups -OCH3 is 1. The smallest absolute Gasteiger partial charge is 0.407 e. The molecule has 0 bridgehead atoms. The Hall–Kier alpha value is -2.37. The van der Waals surface area contributed by atoms with Crippen molar-refractivity contribution in [2.24, 2.45) is 7.05 Å². The van der Waals surface area contributed by atoms with Gasteiger partial charge in [0.25, 0.3) is 0 Å². The average Bonchev–Trinajstić information content (AvgIpc) is 2.83. The summed E-state index contributed by atoms with van der Waals surface area (Å²) in [4.78, 5) is 15.6. The number of imidazole rings is 1. The number of ether oxygens (including phenoxy) is 1. The van der Waals surface area contributed by atoms with Crippen LogP contribution in [-0.2, 0) is 11.8 Å². The van der Waals surface area contributed by atoms with Gasteiger partial charge >= 0.3 is 6.09 Å². The van der Waals surface area contributed by atoms with E-state index in [4.69, 9.17) is 0 Å². The predicted octanol–water partition coefficient (Wildman–Crippen LogP) is 2.00. The van der Waals surface area contributed by atoms with Gasteiger partial charge in [-0.3, -0.25) is 0 Å². The molecule has 6 heteroatoms. The summed E-state index contributed by atoms with van der Waals surface area (Å²) in [5.41, 5.74) is 0.723. The van der Waals surface area contributed by atoms with Crippen LogP contribution in [0.3, 0.4) is 0 Å². The van der Waals surface area contributed by atoms with Crippen molar-refractivity contribution < 1.29 is 13.9 Å². The van der Waals surface area contributed by atoms with Crippen molar-refractivity contribution in [3.63, 3.8) is 0 Å². The number of nitrogens with one attached hydrogen (secondary N) is 1. The SMILES string of the molecule is COC(=O)NC(c1ccc(F)cc1)c1nccn1C. The van der Waals surface area contributed by atoms with Crippen molar-refractivity contribution in [2.45, 2.75) is 6.04 Å². The standard InChI is InChI=1S/C13H14FN3O2/c1-17-8-7-15-12(17)11(16-13(18)19-2)9-3-5-10(14)6-4-9/h3-8,11H,1-2H3,(H,16,18). The number of halogens is 1. The molecule has 0 fully saturated rings. The van der Waals surface area contributed by atoms with E-state index in [-0.39, 0.29) is 5.82 Å². The number of alkyl carbamates (subject to hydrolysis) is 1. The molecule has 0 aliphatic rings. The van der Waals surface area contributed by atoms with Crippen LogP contribution in [0.1, 0.15) is 17.4 Å². The molecule has 19 heavy (non-hydrogen) atoms. The van der Waals surface area contributed by atoms with Crippen LogP contribution in [0.2, 0.25) is 0 Å². The topological polar surface area (TPSA) is 56.1 Å². The van der Waals surface area contributed by atoms with Crippen LogP contribution < -0.4 is 5.32 Å². The lowest BCUT2D eigenvalue weighted by Gasteiger charge is -2.18. The molecule has 1 amide bonds. The molecule has 1 unspecified atom stereocenters. The number of carbonyl (C=O) groups excluding carboxylic acids is 1. The molecular weight excluding hydrogens is 249 g/mol. The molecule has 0 aliphatic carbocycles. The molecule has 1 atom stereocenters. The van der Waals surface area contributed by atoms with Gasteiger partial charge in [0, 0.05) is 19.4 Å². The number of aryl methyl sites for hydroxylation is 1. The summed E-state index contributed by atoms with van der Waals surface area (Å²) in [5.74, 6) is 0.303. The van der Waals surface area contributed by atoms with Gasteiger partial charge in [-0.2, -0.15) is 0 Å². The van der Waals surface area contributed by atoms with Gasteiger partial charge in [0.2, 0.25) is 0 Å². The first-order valence-electron chi connectivity index (χ1n) is 5.69. The molecule has 1 aromatic heterocycles. The number of hydrogen-bond acceptors (Lipinski definition) is 3. The minimum atomic E-state index is -0.572. The maximum absolute atomic E-state index is 13.0. The molecule has 2 rings (SSSR count). The summed E-state index contributed by atoms with van der Waals surface area (Å²) in [6.07, 6.45) is 2.83. The Morgan fingerprint density at radius 1 is 1.42 bits per heavy atom. The molecule has 1 N–H and O–H groups in total. The molecule has 5 nitrogen and oxygen atoms in total. The molecule has 1 aromatic carbocycles. The number of carbonyl (C=O) groups is 1. The Labute approximate surface area is 110 Å². The first kappa shape index (κ1) is 13.1. The fraction of sp³-hybridized carbons (Fsp3) is 0.231. The van der Waals surface area contributed by atoms with Gasteiger partial charge < -0.3 is 14.6 Å². The molecule has 1 heterocycles. The van der Waals surface area contributed by atoms with Gasteiger partial charge in [0.15, 0.2) is 0 Å². The van der Waals surface area contributed by atoms with Crippen LogP contribution >= 0.6 is 0 Å². The highest BCUT2D eigenvalue weighted by Gasteiger charge is 2.20. The summed E-state index contributed by atoms with van der Waals surface area (Å²) < 4.78 is 19.4. The molecular formula is C13H14FN3O2. The fourth-order valence-corrected chi connectivity index (χ4v) is 1.78. The molecule has 0 radical (unpaired) electrons. The lowest BCUT2D eigenvalue weighted by atomic mass is 10.1. The van der Waals surface area contributed by atoms with E-state index in [1.54, 1.807) is 29.1 Å². The van der Waals surface area contributed by atoms with Crippen molar-refractivity contribution in [2.75, 3.05) is 7.11 Å². The Balaban J connectivity index is 2.37. The van der Waals surface area contributed by atoms with Crippen LogP contribution in [0.25, 0.3) is 0 Å². The Morgan fingerprint density at radius 2 is 2.11 bits per heavy atom. The second-order valence-electron chi connectivity index (χ2n) is 4.02. The van der Waals surface area contributed by atoms with E-state index >= 15 is 0 Å². The van der Waals surface area contributed by atoms with Crippen molar-refractivity contribution in [1.29, 1.82) is 0 Å². The molecule has 2 aromatic rings. The van der Waals surface area contributed by atoms with E-state index in [0.29, 0.717) is 5.82 Å². The minimum Gasteiger partial charge on any atom is -0.453 e. The quantitative estimate of drug-likeness (QED) is 0.921. The third-order valence-corrected chi connectivity index (χ3v) is 2.77. The Morgan fingerprint density at radius 3 is 2.63 bits per heavy atom. The number of rotatable bonds is 3. The number of hydrogen-bond donors (Lipinski definition) is 1. The highest BCUT2D eigenvalue weighted by atomic mass is 19.1. The van der Waals surface area contributed by atoms with Crippen LogP contribution in [0, 0.1) is 5.82 Å². The van der Waals surface area contributed by atoms with Crippen LogP contribution in [0.4, 0.5) is 9.18 Å². The summed E-state index contributed by atoms with van der Waals surface area (Å²) in [5, 5.41) is 2.68. The largest absolute Gasteiger partial charge is 0.453 e. The monoisotopic (exact) mass is 263 g/mol. The van der Waals surface area contributed by atoms with E-state index in [1.165, 1.54) is 19.2 Å². The molecule has 100 valence electrons. The Kier molecular flexibility index (Phi) is 3.79. The molecule has 0 spiro atoms. The number of amides is 1. The maximum Gasteiger partial charge on any atom is 0.407 e. The first-order valence-corrected chi connectivity index (χ1v) is 5.69. The molecule has 0 aliphatic heterocycles. The normalized spacial score (nSPS) is 11.9. The predicted molar refractivity (Wildman–Crippen MR) is 67.0 cm³/mol. The lowest BCUT2D eigenvalue weighted by Crippen LogP contribution is -2.30. The third kappa shape index (κ3) is 2.90. The van der Waals surface area contributed by atoms with Crippen LogP contribution in [0.5, 0.6) is 0 Å². The summed E-state index contributed by atoms with van der Waals surface area (Å²) >= 11 is 0. The summed E-state index contributed by atoms with van der Waals surface area (Å²) in [7, 11) is 3.10. The van der Waals surface area contributed by atoms with Gasteiger partial charge in [-0.05, 0) is 17.7 Å². The van der Waals surface area contributed by atoms with Gasteiger partial charge in [0.05, 0.1) is 7.11 Å². The molecule has 0 saturated heterocycles. The van der Waals surface area contributed by atoms with E-state index in [1.807, 2.05) is 7.05 Å². The van der Waals surface area contributed by atoms with E-state index < -0.39 is 12.1 Å². The lowest BCUT2D eigenvalue weighted by molar-refractivity contribution is 0.168. The van der Waals surface area contributed by atoms with Gasteiger partial charge in [-0.15, -0.1) is 0 Å². The van der Waals surface area contributed by atoms with E-state index in [9.17, 15) is 9.18 Å². The minimum absolute atomic E-state index is 0.333. The third-order valence-electron chi connectivity index (χ3n) is 2.77. The number of benzene rings is 1. The van der Waals surface area contributed by atoms with E-state index in [2.05, 4.69) is 15.0 Å². The summed E-state index contributed by atoms with van der Waals surface area (Å²) in [6, 6.07) is 5.39. The second kappa shape index (κ2) is 5.51. The van der Waals surface area contributed by atoms with Crippen molar-refractivity contribution >= 4 is 6.09 Å². The zero-order valence-corrected chi connectivity index (χ0v) is 10.6. The average molecular weight is 263 g/mol. The number of nitrogens with zero attached hydrogens (tertiary/aromatic N) is 2. The van der Waals surface area contributed by atoms with Gasteiger partial charge in [-0.25, -0.2) is 14.2 Å². The van der Waals surface area contributed by atoms with Gasteiger partial charge in [-0.1, -0.05) is 12.1 Å². The first-order chi connectivity index (χ1) is 9.11. The zero-order chi connectivity index (χ0) is 13.8. The Bertz CT molecular complexity index is 566. The van der Waals surface area contributed by atoms with Crippen molar-refractivity contribution in [1.82, 2.24) is 14.9 Å². The van der Waals surface area contributed by atoms with E-state index in [0.717, 1.165) is 5.56 Å². The second-order valence-corrected chi connectivity index (χ2v) is 4.02. The maximum atomic E-state index is 13.0. The number of aromatic nitrogens is 2. The van der Waals surface area contributed by atoms with Crippen LogP contribution in [-0.4, -0.2) is 22.8 Å². The fourth-order valence-electron chi connectivity index (χ4n) is 1.78. The highest BCUT2D eigenvalue weighted by molar-refractivity contribution is 5.68. The summed E-state index contributed by atoms with van der Waals surface area (Å²) in [6.45, 7) is 0. The van der Waals surface area contributed by atoms with Crippen molar-refractivity contribution in [3.05, 3.63) is 53.9 Å². The highest BCUT2D eigenvalue weighted by Crippen LogP contribution is 2.20. The van der Waals surface area contributed by atoms with Gasteiger partial charge in [0.1, 0.15) is 17.7 Å².